The van der Waals surface area contributed by atoms with Crippen LogP contribution in [0.4, 0.5) is 0 Å². The Hall–Kier alpha value is -2.34. The summed E-state index contributed by atoms with van der Waals surface area (Å²) in [6.07, 6.45) is 1.64. The minimum Gasteiger partial charge on any atom is -0.464 e. The molecule has 0 saturated carbocycles. The molecule has 2 rings (SSSR count). The highest BCUT2D eigenvalue weighted by Crippen LogP contribution is 2.29. The second kappa shape index (κ2) is 8.85. The Kier molecular flexibility index (Phi) is 6.80. The van der Waals surface area contributed by atoms with Crippen molar-refractivity contribution in [3.8, 4) is 0 Å². The van der Waals surface area contributed by atoms with Crippen molar-refractivity contribution < 1.29 is 23.5 Å². The molecule has 26 heavy (non-hydrogen) atoms. The lowest BCUT2D eigenvalue weighted by molar-refractivity contribution is -0.148. The normalized spacial score (nSPS) is 12.4. The number of nitrogens with one attached hydrogen (secondary N) is 1. The van der Waals surface area contributed by atoms with Gasteiger partial charge in [-0.2, -0.15) is 0 Å². The smallest absolute Gasteiger partial charge is 0.310 e. The summed E-state index contributed by atoms with van der Waals surface area (Å²) in [6.45, 7) is 8.22. The van der Waals surface area contributed by atoms with E-state index < -0.39 is 5.97 Å². The van der Waals surface area contributed by atoms with E-state index in [-0.39, 0.29) is 25.0 Å². The molecule has 2 aromatic rings. The predicted octanol–water partition coefficient (Wildman–Crippen LogP) is 3.10. The van der Waals surface area contributed by atoms with Crippen LogP contribution in [0.3, 0.4) is 0 Å². The molecule has 0 aliphatic carbocycles. The highest BCUT2D eigenvalue weighted by atomic mass is 16.5. The number of hydrogen-bond donors (Lipinski definition) is 1. The second-order valence-electron chi connectivity index (χ2n) is 6.88. The lowest BCUT2D eigenvalue weighted by atomic mass is 9.95. The number of esters is 1. The maximum atomic E-state index is 12.1. The van der Waals surface area contributed by atoms with Crippen molar-refractivity contribution in [2.75, 3.05) is 20.3 Å². The highest BCUT2D eigenvalue weighted by molar-refractivity contribution is 5.88. The molecule has 1 amide bonds. The monoisotopic (exact) mass is 361 g/mol. The van der Waals surface area contributed by atoms with Crippen molar-refractivity contribution in [1.82, 2.24) is 5.32 Å². The van der Waals surface area contributed by atoms with Gasteiger partial charge in [0.15, 0.2) is 6.61 Å². The van der Waals surface area contributed by atoms with E-state index in [0.29, 0.717) is 12.5 Å². The summed E-state index contributed by atoms with van der Waals surface area (Å²) < 4.78 is 15.6. The summed E-state index contributed by atoms with van der Waals surface area (Å²) in [5, 5.41) is 3.60. The fraction of sp³-hybridized carbons (Fsp3) is 0.500. The summed E-state index contributed by atoms with van der Waals surface area (Å²) in [7, 11) is 1.56. The second-order valence-corrected chi connectivity index (χ2v) is 6.88. The van der Waals surface area contributed by atoms with Crippen LogP contribution in [0, 0.1) is 6.92 Å². The van der Waals surface area contributed by atoms with Crippen molar-refractivity contribution in [2.24, 2.45) is 0 Å². The van der Waals surface area contributed by atoms with Gasteiger partial charge >= 0.3 is 5.97 Å². The molecule has 0 spiro atoms. The number of amides is 1. The van der Waals surface area contributed by atoms with Gasteiger partial charge in [0.25, 0.3) is 5.91 Å². The lowest BCUT2D eigenvalue weighted by Gasteiger charge is -2.12. The topological polar surface area (TPSA) is 77.8 Å². The Labute approximate surface area is 153 Å². The van der Waals surface area contributed by atoms with Crippen molar-refractivity contribution in [3.05, 3.63) is 35.1 Å². The molecule has 0 bridgehead atoms. The third-order valence-electron chi connectivity index (χ3n) is 4.19. The zero-order valence-electron chi connectivity index (χ0n) is 16.0. The first-order valence-corrected chi connectivity index (χ1v) is 8.76. The van der Waals surface area contributed by atoms with Gasteiger partial charge in [0, 0.05) is 24.1 Å². The quantitative estimate of drug-likeness (QED) is 0.731. The molecule has 0 fully saturated rings. The molecule has 0 radical (unpaired) electrons. The van der Waals surface area contributed by atoms with E-state index in [0.717, 1.165) is 22.1 Å². The third kappa shape index (κ3) is 5.08. The Morgan fingerprint density at radius 3 is 2.62 bits per heavy atom. The molecule has 1 N–H and O–H groups in total. The van der Waals surface area contributed by atoms with Gasteiger partial charge in [0.2, 0.25) is 0 Å². The van der Waals surface area contributed by atoms with E-state index in [1.165, 1.54) is 5.56 Å². The van der Waals surface area contributed by atoms with Crippen LogP contribution in [0.1, 0.15) is 43.4 Å². The van der Waals surface area contributed by atoms with Gasteiger partial charge in [-0.1, -0.05) is 13.8 Å². The molecular weight excluding hydrogens is 334 g/mol. The Bertz CT molecular complexity index is 778. The predicted molar refractivity (Wildman–Crippen MR) is 99.2 cm³/mol. The van der Waals surface area contributed by atoms with Crippen LogP contribution < -0.4 is 5.32 Å². The zero-order valence-corrected chi connectivity index (χ0v) is 16.0. The minimum absolute atomic E-state index is 0.0640. The number of ether oxygens (including phenoxy) is 2. The molecule has 1 aromatic heterocycles. The summed E-state index contributed by atoms with van der Waals surface area (Å²) in [4.78, 5) is 23.8. The van der Waals surface area contributed by atoms with Gasteiger partial charge in [0.1, 0.15) is 5.58 Å². The number of methoxy groups -OCH3 is 1. The van der Waals surface area contributed by atoms with Crippen LogP contribution in [0.5, 0.6) is 0 Å². The van der Waals surface area contributed by atoms with Crippen molar-refractivity contribution in [2.45, 2.75) is 46.1 Å². The van der Waals surface area contributed by atoms with Crippen molar-refractivity contribution in [3.63, 3.8) is 0 Å². The van der Waals surface area contributed by atoms with E-state index in [9.17, 15) is 9.59 Å². The number of carbonyl (C=O) groups is 2. The Balaban J connectivity index is 1.99. The first-order chi connectivity index (χ1) is 12.3. The third-order valence-corrected chi connectivity index (χ3v) is 4.19. The van der Waals surface area contributed by atoms with Gasteiger partial charge in [0.05, 0.1) is 19.3 Å². The number of aryl methyl sites for hydroxylation is 1. The molecule has 1 aromatic carbocycles. The van der Waals surface area contributed by atoms with Gasteiger partial charge < -0.3 is 19.2 Å². The molecule has 6 nitrogen and oxygen atoms in total. The summed E-state index contributed by atoms with van der Waals surface area (Å²) in [6, 6.07) is 3.92. The molecule has 1 unspecified atom stereocenters. The molecule has 6 heteroatoms. The SMILES string of the molecule is COCC(C)NC(=O)COC(=O)Cc1coc2cc(C)c(C(C)C)cc12. The highest BCUT2D eigenvalue weighted by Gasteiger charge is 2.16. The largest absolute Gasteiger partial charge is 0.464 e. The fourth-order valence-electron chi connectivity index (χ4n) is 2.96. The number of benzene rings is 1. The molecule has 1 heterocycles. The molecule has 142 valence electrons. The van der Waals surface area contributed by atoms with Gasteiger partial charge in [-0.15, -0.1) is 0 Å². The lowest BCUT2D eigenvalue weighted by Crippen LogP contribution is -2.38. The van der Waals surface area contributed by atoms with E-state index in [4.69, 9.17) is 13.9 Å². The Morgan fingerprint density at radius 1 is 1.23 bits per heavy atom. The molecule has 0 aliphatic heterocycles. The van der Waals surface area contributed by atoms with E-state index in [2.05, 4.69) is 32.2 Å². The maximum Gasteiger partial charge on any atom is 0.310 e. The van der Waals surface area contributed by atoms with Crippen LogP contribution in [-0.2, 0) is 25.5 Å². The minimum atomic E-state index is -0.464. The van der Waals surface area contributed by atoms with Crippen LogP contribution in [0.25, 0.3) is 11.0 Å². The van der Waals surface area contributed by atoms with E-state index in [1.54, 1.807) is 13.4 Å². The molecule has 0 saturated heterocycles. The average Bonchev–Trinajstić information content (AvgIpc) is 2.93. The molecule has 0 aliphatic rings. The number of rotatable bonds is 8. The van der Waals surface area contributed by atoms with E-state index in [1.807, 2.05) is 13.0 Å². The van der Waals surface area contributed by atoms with Crippen LogP contribution >= 0.6 is 0 Å². The van der Waals surface area contributed by atoms with Crippen LogP contribution in [0.15, 0.2) is 22.8 Å². The number of fused-ring (bicyclic) bond motifs is 1. The number of carbonyl (C=O) groups excluding carboxylic acids is 2. The molecular formula is C20H27NO5. The van der Waals surface area contributed by atoms with Gasteiger partial charge in [-0.05, 0) is 43.0 Å². The first kappa shape index (κ1) is 20.0. The van der Waals surface area contributed by atoms with Gasteiger partial charge in [-0.25, -0.2) is 0 Å². The summed E-state index contributed by atoms with van der Waals surface area (Å²) in [5.74, 6) is -0.432. The maximum absolute atomic E-state index is 12.1. The molecule has 1 atom stereocenters. The van der Waals surface area contributed by atoms with Crippen molar-refractivity contribution >= 4 is 22.8 Å². The summed E-state index contributed by atoms with van der Waals surface area (Å²) >= 11 is 0. The average molecular weight is 361 g/mol. The van der Waals surface area contributed by atoms with Crippen LogP contribution in [0.2, 0.25) is 0 Å². The van der Waals surface area contributed by atoms with Crippen LogP contribution in [-0.4, -0.2) is 38.2 Å². The Morgan fingerprint density at radius 2 is 1.96 bits per heavy atom. The van der Waals surface area contributed by atoms with Crippen molar-refractivity contribution in [1.29, 1.82) is 0 Å². The zero-order chi connectivity index (χ0) is 19.3. The fourth-order valence-corrected chi connectivity index (χ4v) is 2.96. The standard InChI is InChI=1S/C20H27NO5/c1-12(2)16-8-17-15(10-25-18(17)6-13(16)3)7-20(23)26-11-19(22)21-14(4)9-24-5/h6,8,10,12,14H,7,9,11H2,1-5H3,(H,21,22). The van der Waals surface area contributed by atoms with Gasteiger partial charge in [-0.3, -0.25) is 9.59 Å². The first-order valence-electron chi connectivity index (χ1n) is 8.76. The number of furan rings is 1. The summed E-state index contributed by atoms with van der Waals surface area (Å²) in [5.41, 5.74) is 3.90. The van der Waals surface area contributed by atoms with E-state index >= 15 is 0 Å². The number of hydrogen-bond acceptors (Lipinski definition) is 5.